The van der Waals surface area contributed by atoms with E-state index in [9.17, 15) is 0 Å². The zero-order valence-electron chi connectivity index (χ0n) is 7.40. The van der Waals surface area contributed by atoms with Gasteiger partial charge in [0.2, 0.25) is 11.7 Å². The Bertz CT molecular complexity index is 435. The van der Waals surface area contributed by atoms with Crippen LogP contribution in [0.1, 0.15) is 18.9 Å². The quantitative estimate of drug-likeness (QED) is 0.892. The lowest BCUT2D eigenvalue weighted by Gasteiger charge is -1.92. The van der Waals surface area contributed by atoms with Crippen LogP contribution in [-0.4, -0.2) is 10.1 Å². The lowest BCUT2D eigenvalue weighted by Crippen LogP contribution is -2.04. The molecule has 0 aliphatic carbocycles. The van der Waals surface area contributed by atoms with Gasteiger partial charge in [-0.25, -0.2) is 0 Å². The molecule has 0 fully saturated rings. The fourth-order valence-electron chi connectivity index (χ4n) is 0.955. The van der Waals surface area contributed by atoms with Crippen LogP contribution >= 0.6 is 15.9 Å². The van der Waals surface area contributed by atoms with Crippen LogP contribution in [0.15, 0.2) is 25.7 Å². The Balaban J connectivity index is 2.33. The van der Waals surface area contributed by atoms with Crippen LogP contribution in [0.3, 0.4) is 0 Å². The number of rotatable bonds is 2. The van der Waals surface area contributed by atoms with Gasteiger partial charge >= 0.3 is 0 Å². The van der Waals surface area contributed by atoms with Gasteiger partial charge in [0.25, 0.3) is 0 Å². The van der Waals surface area contributed by atoms with E-state index < -0.39 is 0 Å². The van der Waals surface area contributed by atoms with Crippen molar-refractivity contribution in [1.82, 2.24) is 10.1 Å². The zero-order chi connectivity index (χ0) is 10.1. The molecule has 0 spiro atoms. The second-order valence-corrected chi connectivity index (χ2v) is 3.63. The molecule has 0 aliphatic rings. The summed E-state index contributed by atoms with van der Waals surface area (Å²) >= 11 is 3.19. The minimum absolute atomic E-state index is 0.269. The second kappa shape index (κ2) is 3.55. The fourth-order valence-corrected chi connectivity index (χ4v) is 1.26. The topological polar surface area (TPSA) is 78.1 Å². The van der Waals surface area contributed by atoms with E-state index in [0.29, 0.717) is 22.1 Å². The van der Waals surface area contributed by atoms with Crippen molar-refractivity contribution in [3.8, 4) is 11.6 Å². The lowest BCUT2D eigenvalue weighted by molar-refractivity contribution is 0.361. The van der Waals surface area contributed by atoms with E-state index in [2.05, 4.69) is 26.1 Å². The van der Waals surface area contributed by atoms with Gasteiger partial charge < -0.3 is 14.7 Å². The van der Waals surface area contributed by atoms with E-state index >= 15 is 0 Å². The maximum absolute atomic E-state index is 5.57. The Labute approximate surface area is 88.4 Å². The van der Waals surface area contributed by atoms with Crippen LogP contribution in [-0.2, 0) is 0 Å². The Kier molecular flexibility index (Phi) is 2.39. The molecule has 0 unspecified atom stereocenters. The lowest BCUT2D eigenvalue weighted by atomic mass is 10.4. The van der Waals surface area contributed by atoms with E-state index in [1.165, 1.54) is 0 Å². The Morgan fingerprint density at radius 1 is 1.50 bits per heavy atom. The molecule has 0 saturated carbocycles. The molecule has 0 saturated heterocycles. The first kappa shape index (κ1) is 9.42. The predicted octanol–water partition coefficient (Wildman–Crippen LogP) is 2.11. The van der Waals surface area contributed by atoms with Crippen LogP contribution in [0.2, 0.25) is 0 Å². The summed E-state index contributed by atoms with van der Waals surface area (Å²) in [6, 6.07) is 3.24. The molecule has 2 N–H and O–H groups in total. The maximum Gasteiger partial charge on any atom is 0.243 e. The molecule has 14 heavy (non-hydrogen) atoms. The Morgan fingerprint density at radius 2 is 2.29 bits per heavy atom. The molecule has 0 amide bonds. The number of halogens is 1. The van der Waals surface area contributed by atoms with E-state index in [1.807, 2.05) is 0 Å². The molecule has 2 aromatic heterocycles. The number of nitrogens with two attached hydrogens (primary N) is 1. The molecule has 0 aliphatic heterocycles. The normalized spacial score (nSPS) is 13.1. The first-order valence-corrected chi connectivity index (χ1v) is 4.81. The first-order chi connectivity index (χ1) is 6.66. The van der Waals surface area contributed by atoms with Crippen molar-refractivity contribution in [3.63, 3.8) is 0 Å². The zero-order valence-corrected chi connectivity index (χ0v) is 8.98. The van der Waals surface area contributed by atoms with E-state index in [-0.39, 0.29) is 6.04 Å². The number of hydrogen-bond acceptors (Lipinski definition) is 5. The summed E-state index contributed by atoms with van der Waals surface area (Å²) in [6.07, 6.45) is 0. The van der Waals surface area contributed by atoms with E-state index in [4.69, 9.17) is 14.7 Å². The van der Waals surface area contributed by atoms with E-state index in [1.54, 1.807) is 19.1 Å². The number of furan rings is 1. The van der Waals surface area contributed by atoms with Gasteiger partial charge in [-0.05, 0) is 35.0 Å². The van der Waals surface area contributed by atoms with Crippen LogP contribution in [0.25, 0.3) is 11.6 Å². The fraction of sp³-hybridized carbons (Fsp3) is 0.250. The van der Waals surface area contributed by atoms with Crippen LogP contribution in [0.4, 0.5) is 0 Å². The summed E-state index contributed by atoms with van der Waals surface area (Å²) in [5, 5.41) is 3.74. The summed E-state index contributed by atoms with van der Waals surface area (Å²) < 4.78 is 10.8. The average Bonchev–Trinajstić information content (AvgIpc) is 2.70. The number of hydrogen-bond donors (Lipinski definition) is 1. The van der Waals surface area contributed by atoms with Crippen molar-refractivity contribution in [3.05, 3.63) is 22.7 Å². The van der Waals surface area contributed by atoms with Crippen LogP contribution in [0, 0.1) is 0 Å². The molecule has 1 atom stereocenters. The minimum atomic E-state index is -0.269. The van der Waals surface area contributed by atoms with Crippen LogP contribution in [0.5, 0.6) is 0 Å². The molecule has 74 valence electrons. The summed E-state index contributed by atoms with van der Waals surface area (Å²) in [4.78, 5) is 4.08. The SMILES string of the molecule is C[C@H](N)c1nc(-c2ccc(Br)o2)no1. The van der Waals surface area contributed by atoms with Crippen molar-refractivity contribution in [2.45, 2.75) is 13.0 Å². The Hall–Kier alpha value is -1.14. The van der Waals surface area contributed by atoms with Crippen molar-refractivity contribution >= 4 is 15.9 Å². The molecular formula is C8H8BrN3O2. The number of nitrogens with zero attached hydrogens (tertiary/aromatic N) is 2. The van der Waals surface area contributed by atoms with Gasteiger partial charge in [0.15, 0.2) is 10.4 Å². The highest BCUT2D eigenvalue weighted by atomic mass is 79.9. The van der Waals surface area contributed by atoms with Gasteiger partial charge in [-0.15, -0.1) is 0 Å². The average molecular weight is 258 g/mol. The third kappa shape index (κ3) is 1.71. The third-order valence-electron chi connectivity index (χ3n) is 1.62. The second-order valence-electron chi connectivity index (χ2n) is 2.85. The highest BCUT2D eigenvalue weighted by molar-refractivity contribution is 9.10. The molecule has 0 radical (unpaired) electrons. The van der Waals surface area contributed by atoms with Crippen LogP contribution < -0.4 is 5.73 Å². The first-order valence-electron chi connectivity index (χ1n) is 4.01. The smallest absolute Gasteiger partial charge is 0.243 e. The van der Waals surface area contributed by atoms with Gasteiger partial charge in [-0.3, -0.25) is 0 Å². The summed E-state index contributed by atoms with van der Waals surface area (Å²) in [7, 11) is 0. The standard InChI is InChI=1S/C8H8BrN3O2/c1-4(10)8-11-7(12-14-8)5-2-3-6(9)13-5/h2-4H,10H2,1H3/t4-/m0/s1. The molecule has 0 bridgehead atoms. The van der Waals surface area contributed by atoms with Crippen molar-refractivity contribution in [2.24, 2.45) is 5.73 Å². The number of aromatic nitrogens is 2. The van der Waals surface area contributed by atoms with E-state index in [0.717, 1.165) is 0 Å². The van der Waals surface area contributed by atoms with Gasteiger partial charge in [0.05, 0.1) is 6.04 Å². The molecule has 2 heterocycles. The predicted molar refractivity (Wildman–Crippen MR) is 52.3 cm³/mol. The molecule has 2 rings (SSSR count). The summed E-state index contributed by atoms with van der Waals surface area (Å²) in [5.74, 6) is 1.35. The largest absolute Gasteiger partial charge is 0.446 e. The van der Waals surface area contributed by atoms with Gasteiger partial charge in [0.1, 0.15) is 0 Å². The molecule has 5 nitrogen and oxygen atoms in total. The van der Waals surface area contributed by atoms with Gasteiger partial charge in [0, 0.05) is 0 Å². The Morgan fingerprint density at radius 3 is 2.79 bits per heavy atom. The molecular weight excluding hydrogens is 250 g/mol. The van der Waals surface area contributed by atoms with Gasteiger partial charge in [-0.1, -0.05) is 5.16 Å². The van der Waals surface area contributed by atoms with Gasteiger partial charge in [-0.2, -0.15) is 4.98 Å². The maximum atomic E-state index is 5.57. The third-order valence-corrected chi connectivity index (χ3v) is 2.05. The summed E-state index contributed by atoms with van der Waals surface area (Å²) in [5.41, 5.74) is 5.57. The molecule has 0 aromatic carbocycles. The minimum Gasteiger partial charge on any atom is -0.446 e. The molecule has 2 aromatic rings. The highest BCUT2D eigenvalue weighted by Gasteiger charge is 2.13. The van der Waals surface area contributed by atoms with Crippen molar-refractivity contribution in [2.75, 3.05) is 0 Å². The monoisotopic (exact) mass is 257 g/mol. The summed E-state index contributed by atoms with van der Waals surface area (Å²) in [6.45, 7) is 1.77. The van der Waals surface area contributed by atoms with Crippen molar-refractivity contribution < 1.29 is 8.94 Å². The molecule has 6 heteroatoms. The van der Waals surface area contributed by atoms with Crippen molar-refractivity contribution in [1.29, 1.82) is 0 Å². The highest BCUT2D eigenvalue weighted by Crippen LogP contribution is 2.23.